The first-order chi connectivity index (χ1) is 9.13. The minimum Gasteiger partial charge on any atom is -0.394 e. The first-order valence-corrected chi connectivity index (χ1v) is 7.45. The quantitative estimate of drug-likeness (QED) is 0.838. The molecule has 0 unspecified atom stereocenters. The van der Waals surface area contributed by atoms with Crippen molar-refractivity contribution in [1.29, 1.82) is 0 Å². The summed E-state index contributed by atoms with van der Waals surface area (Å²) >= 11 is 0. The van der Waals surface area contributed by atoms with Crippen molar-refractivity contribution in [3.8, 4) is 0 Å². The van der Waals surface area contributed by atoms with Gasteiger partial charge in [0.25, 0.3) is 5.56 Å². The van der Waals surface area contributed by atoms with E-state index in [-0.39, 0.29) is 5.56 Å². The van der Waals surface area contributed by atoms with Crippen LogP contribution in [0.2, 0.25) is 0 Å². The van der Waals surface area contributed by atoms with E-state index in [2.05, 4.69) is 5.10 Å². The summed E-state index contributed by atoms with van der Waals surface area (Å²) in [6.07, 6.45) is 8.66. The van der Waals surface area contributed by atoms with Crippen molar-refractivity contribution in [2.24, 2.45) is 30.7 Å². The molecular weight excluding hydrogens is 238 g/mol. The van der Waals surface area contributed by atoms with Crippen molar-refractivity contribution in [1.82, 2.24) is 9.78 Å². The van der Waals surface area contributed by atoms with Crippen LogP contribution in [0, 0.1) is 23.7 Å². The smallest absolute Gasteiger partial charge is 0.289 e. The lowest BCUT2D eigenvalue weighted by atomic mass is 9.51. The van der Waals surface area contributed by atoms with Gasteiger partial charge in [0.05, 0.1) is 6.20 Å². The summed E-state index contributed by atoms with van der Waals surface area (Å²) in [5, 5.41) is 4.20. The number of anilines is 1. The van der Waals surface area contributed by atoms with Gasteiger partial charge in [0.15, 0.2) is 0 Å². The van der Waals surface area contributed by atoms with Gasteiger partial charge in [-0.05, 0) is 61.7 Å². The maximum Gasteiger partial charge on any atom is 0.289 e. The van der Waals surface area contributed by atoms with Crippen LogP contribution in [0.4, 0.5) is 5.69 Å². The minimum absolute atomic E-state index is 0.133. The number of nitrogen functional groups attached to an aromatic ring is 1. The summed E-state index contributed by atoms with van der Waals surface area (Å²) in [6, 6.07) is 0. The summed E-state index contributed by atoms with van der Waals surface area (Å²) < 4.78 is 1.34. The number of nitrogens with two attached hydrogens (primary N) is 1. The fraction of sp³-hybridized carbons (Fsp3) is 0.733. The highest BCUT2D eigenvalue weighted by Gasteiger charge is 2.49. The van der Waals surface area contributed by atoms with Crippen molar-refractivity contribution < 1.29 is 0 Å². The van der Waals surface area contributed by atoms with Crippen LogP contribution in [0.3, 0.4) is 0 Å². The van der Waals surface area contributed by atoms with E-state index in [4.69, 9.17) is 5.73 Å². The molecule has 4 heteroatoms. The minimum atomic E-state index is -0.133. The Morgan fingerprint density at radius 2 is 1.74 bits per heavy atom. The molecule has 4 fully saturated rings. The van der Waals surface area contributed by atoms with Crippen LogP contribution in [0.25, 0.3) is 0 Å². The number of aryl methyl sites for hydroxylation is 1. The van der Waals surface area contributed by atoms with Gasteiger partial charge in [-0.15, -0.1) is 0 Å². The fourth-order valence-electron chi connectivity index (χ4n) is 5.27. The molecule has 1 aromatic rings. The lowest BCUT2D eigenvalue weighted by Gasteiger charge is -2.54. The van der Waals surface area contributed by atoms with Crippen molar-refractivity contribution in [2.45, 2.75) is 38.0 Å². The maximum absolute atomic E-state index is 12.0. The van der Waals surface area contributed by atoms with E-state index in [1.165, 1.54) is 36.8 Å². The second-order valence-electron chi connectivity index (χ2n) is 6.90. The Morgan fingerprint density at radius 1 is 1.16 bits per heavy atom. The zero-order chi connectivity index (χ0) is 13.1. The zero-order valence-corrected chi connectivity index (χ0v) is 11.4. The molecule has 0 radical (unpaired) electrons. The van der Waals surface area contributed by atoms with E-state index < -0.39 is 0 Å². The normalized spacial score (nSPS) is 39.7. The Bertz CT molecular complexity index is 549. The summed E-state index contributed by atoms with van der Waals surface area (Å²) in [5.74, 6) is 3.87. The van der Waals surface area contributed by atoms with Crippen LogP contribution in [-0.2, 0) is 7.05 Å². The SMILES string of the molecule is Cn1ncc(C2C3CC4CC(C3)CC2C4)c(N)c1=O. The molecule has 4 saturated carbocycles. The average Bonchev–Trinajstić information content (AvgIpc) is 2.37. The number of hydrogen-bond donors (Lipinski definition) is 1. The second-order valence-corrected chi connectivity index (χ2v) is 6.90. The van der Waals surface area contributed by atoms with Gasteiger partial charge in [-0.25, -0.2) is 4.68 Å². The molecule has 0 spiro atoms. The van der Waals surface area contributed by atoms with E-state index in [0.29, 0.717) is 11.6 Å². The predicted molar refractivity (Wildman–Crippen MR) is 73.7 cm³/mol. The van der Waals surface area contributed by atoms with Crippen molar-refractivity contribution in [2.75, 3.05) is 5.73 Å². The molecular formula is C15H21N3O. The van der Waals surface area contributed by atoms with Gasteiger partial charge in [0, 0.05) is 12.6 Å². The highest BCUT2D eigenvalue weighted by atomic mass is 16.1. The van der Waals surface area contributed by atoms with Gasteiger partial charge >= 0.3 is 0 Å². The summed E-state index contributed by atoms with van der Waals surface area (Å²) in [5.41, 5.74) is 7.44. The summed E-state index contributed by atoms with van der Waals surface area (Å²) in [4.78, 5) is 12.0. The Hall–Kier alpha value is -1.32. The molecule has 102 valence electrons. The Kier molecular flexibility index (Phi) is 2.32. The molecule has 1 heterocycles. The van der Waals surface area contributed by atoms with E-state index in [0.717, 1.165) is 29.2 Å². The van der Waals surface area contributed by atoms with E-state index >= 15 is 0 Å². The molecule has 19 heavy (non-hydrogen) atoms. The van der Waals surface area contributed by atoms with Crippen molar-refractivity contribution >= 4 is 5.69 Å². The summed E-state index contributed by atoms with van der Waals surface area (Å²) in [7, 11) is 1.67. The molecule has 0 aromatic carbocycles. The Labute approximate surface area is 113 Å². The van der Waals surface area contributed by atoms with E-state index in [1.54, 1.807) is 7.05 Å². The average molecular weight is 259 g/mol. The Morgan fingerprint density at radius 3 is 2.32 bits per heavy atom. The number of rotatable bonds is 1. The van der Waals surface area contributed by atoms with Crippen molar-refractivity contribution in [3.63, 3.8) is 0 Å². The van der Waals surface area contributed by atoms with Gasteiger partial charge in [0.2, 0.25) is 0 Å². The molecule has 0 saturated heterocycles. The molecule has 0 amide bonds. The lowest BCUT2D eigenvalue weighted by Crippen LogP contribution is -2.44. The summed E-state index contributed by atoms with van der Waals surface area (Å²) in [6.45, 7) is 0. The van der Waals surface area contributed by atoms with Gasteiger partial charge < -0.3 is 5.73 Å². The topological polar surface area (TPSA) is 60.9 Å². The fourth-order valence-corrected chi connectivity index (χ4v) is 5.27. The standard InChI is InChI=1S/C15H21N3O/c1-18-15(19)14(16)12(7-17-18)13-10-3-8-2-9(5-10)6-11(13)4-8/h7-11,13H,2-6,16H2,1H3. The van der Waals surface area contributed by atoms with Gasteiger partial charge in [0.1, 0.15) is 5.69 Å². The zero-order valence-electron chi connectivity index (χ0n) is 11.4. The van der Waals surface area contributed by atoms with E-state index in [1.807, 2.05) is 6.20 Å². The van der Waals surface area contributed by atoms with Crippen LogP contribution in [0.5, 0.6) is 0 Å². The van der Waals surface area contributed by atoms with Gasteiger partial charge in [-0.1, -0.05) is 0 Å². The number of aromatic nitrogens is 2. The van der Waals surface area contributed by atoms with Crippen LogP contribution in [0.1, 0.15) is 43.6 Å². The first-order valence-electron chi connectivity index (χ1n) is 7.45. The molecule has 2 N–H and O–H groups in total. The molecule has 4 aliphatic rings. The molecule has 1 aromatic heterocycles. The third-order valence-electron chi connectivity index (χ3n) is 5.79. The van der Waals surface area contributed by atoms with Crippen LogP contribution in [0.15, 0.2) is 11.0 Å². The molecule has 0 aliphatic heterocycles. The van der Waals surface area contributed by atoms with Crippen molar-refractivity contribution in [3.05, 3.63) is 22.1 Å². The first kappa shape index (κ1) is 11.5. The van der Waals surface area contributed by atoms with Crippen LogP contribution >= 0.6 is 0 Å². The largest absolute Gasteiger partial charge is 0.394 e. The van der Waals surface area contributed by atoms with Gasteiger partial charge in [-0.3, -0.25) is 4.79 Å². The molecule has 5 rings (SSSR count). The highest BCUT2D eigenvalue weighted by molar-refractivity contribution is 5.46. The van der Waals surface area contributed by atoms with Crippen LogP contribution in [-0.4, -0.2) is 9.78 Å². The van der Waals surface area contributed by atoms with E-state index in [9.17, 15) is 4.79 Å². The Balaban J connectivity index is 1.77. The molecule has 0 atom stereocenters. The molecule has 4 bridgehead atoms. The third kappa shape index (κ3) is 1.58. The molecule has 4 nitrogen and oxygen atoms in total. The van der Waals surface area contributed by atoms with Gasteiger partial charge in [-0.2, -0.15) is 5.10 Å². The number of hydrogen-bond acceptors (Lipinski definition) is 3. The monoisotopic (exact) mass is 259 g/mol. The predicted octanol–water partition coefficient (Wildman–Crippen LogP) is 1.90. The second kappa shape index (κ2) is 3.84. The third-order valence-corrected chi connectivity index (χ3v) is 5.79. The molecule has 4 aliphatic carbocycles. The lowest BCUT2D eigenvalue weighted by molar-refractivity contribution is -0.00275. The maximum atomic E-state index is 12.0. The number of nitrogens with zero attached hydrogens (tertiary/aromatic N) is 2. The van der Waals surface area contributed by atoms with Crippen LogP contribution < -0.4 is 11.3 Å². The highest BCUT2D eigenvalue weighted by Crippen LogP contribution is 2.60.